The molecule has 4 nitrogen and oxygen atoms in total. The molecule has 1 aromatic carbocycles. The van der Waals surface area contributed by atoms with Gasteiger partial charge in [-0.25, -0.2) is 9.38 Å². The molecule has 0 aliphatic rings. The fourth-order valence-electron chi connectivity index (χ4n) is 1.98. The summed E-state index contributed by atoms with van der Waals surface area (Å²) in [6.45, 7) is 6.70. The standard InChI is InChI=1S/C15H25FN4/c1-5-20(6-2)15(17)18-10-12-7-8-13(11-19(3)4)14(16)9-12/h7-9H,5-6,10-11H2,1-4H3,(H2,17,18). The van der Waals surface area contributed by atoms with Gasteiger partial charge in [0.15, 0.2) is 5.96 Å². The van der Waals surface area contributed by atoms with E-state index in [1.807, 2.05) is 49.9 Å². The fraction of sp³-hybridized carbons (Fsp3) is 0.533. The molecule has 0 aliphatic heterocycles. The molecule has 0 fully saturated rings. The maximum Gasteiger partial charge on any atom is 0.191 e. The van der Waals surface area contributed by atoms with Gasteiger partial charge in [-0.15, -0.1) is 0 Å². The summed E-state index contributed by atoms with van der Waals surface area (Å²) in [5.41, 5.74) is 7.42. The maximum atomic E-state index is 13.9. The van der Waals surface area contributed by atoms with Crippen LogP contribution in [0.15, 0.2) is 23.2 Å². The second-order valence-corrected chi connectivity index (χ2v) is 5.01. The summed E-state index contributed by atoms with van der Waals surface area (Å²) in [5, 5.41) is 0. The van der Waals surface area contributed by atoms with Crippen molar-refractivity contribution in [2.45, 2.75) is 26.9 Å². The molecule has 2 N–H and O–H groups in total. The second-order valence-electron chi connectivity index (χ2n) is 5.01. The van der Waals surface area contributed by atoms with E-state index in [0.29, 0.717) is 24.6 Å². The third kappa shape index (κ3) is 4.81. The number of nitrogens with zero attached hydrogens (tertiary/aromatic N) is 3. The van der Waals surface area contributed by atoms with E-state index in [-0.39, 0.29) is 5.82 Å². The zero-order chi connectivity index (χ0) is 15.1. The Morgan fingerprint density at radius 1 is 1.25 bits per heavy atom. The maximum absolute atomic E-state index is 13.9. The van der Waals surface area contributed by atoms with Gasteiger partial charge in [0.25, 0.3) is 0 Å². The molecule has 0 amide bonds. The van der Waals surface area contributed by atoms with Crippen LogP contribution in [0.1, 0.15) is 25.0 Å². The molecule has 112 valence electrons. The van der Waals surface area contributed by atoms with Crippen molar-refractivity contribution in [3.8, 4) is 0 Å². The van der Waals surface area contributed by atoms with Crippen LogP contribution in [0.2, 0.25) is 0 Å². The first kappa shape index (κ1) is 16.4. The number of aliphatic imine (C=N–C) groups is 1. The van der Waals surface area contributed by atoms with Gasteiger partial charge in [-0.2, -0.15) is 0 Å². The van der Waals surface area contributed by atoms with Gasteiger partial charge in [0, 0.05) is 25.2 Å². The summed E-state index contributed by atoms with van der Waals surface area (Å²) in [7, 11) is 3.84. The third-order valence-corrected chi connectivity index (χ3v) is 3.12. The van der Waals surface area contributed by atoms with Crippen molar-refractivity contribution in [2.24, 2.45) is 10.7 Å². The van der Waals surface area contributed by atoms with Gasteiger partial charge in [0.05, 0.1) is 6.54 Å². The van der Waals surface area contributed by atoms with Crippen LogP contribution in [0.25, 0.3) is 0 Å². The normalized spacial score (nSPS) is 12.0. The van der Waals surface area contributed by atoms with Gasteiger partial charge in [-0.1, -0.05) is 12.1 Å². The van der Waals surface area contributed by atoms with E-state index in [4.69, 9.17) is 5.73 Å². The summed E-state index contributed by atoms with van der Waals surface area (Å²) < 4.78 is 13.9. The van der Waals surface area contributed by atoms with Gasteiger partial charge in [0.2, 0.25) is 0 Å². The van der Waals surface area contributed by atoms with Gasteiger partial charge in [-0.05, 0) is 39.6 Å². The lowest BCUT2D eigenvalue weighted by atomic mass is 10.1. The number of hydrogen-bond donors (Lipinski definition) is 1. The van der Waals surface area contributed by atoms with Gasteiger partial charge >= 0.3 is 0 Å². The van der Waals surface area contributed by atoms with Crippen LogP contribution in [0.4, 0.5) is 4.39 Å². The zero-order valence-electron chi connectivity index (χ0n) is 12.9. The molecule has 0 aromatic heterocycles. The molecule has 0 bridgehead atoms. The van der Waals surface area contributed by atoms with Crippen molar-refractivity contribution < 1.29 is 4.39 Å². The number of nitrogens with two attached hydrogens (primary N) is 1. The highest BCUT2D eigenvalue weighted by atomic mass is 19.1. The van der Waals surface area contributed by atoms with Crippen LogP contribution < -0.4 is 5.73 Å². The smallest absolute Gasteiger partial charge is 0.191 e. The number of halogens is 1. The third-order valence-electron chi connectivity index (χ3n) is 3.12. The molecule has 0 spiro atoms. The van der Waals surface area contributed by atoms with E-state index in [2.05, 4.69) is 4.99 Å². The quantitative estimate of drug-likeness (QED) is 0.641. The molecule has 0 heterocycles. The van der Waals surface area contributed by atoms with Gasteiger partial charge in [0.1, 0.15) is 5.82 Å². The molecule has 1 aromatic rings. The SMILES string of the molecule is CCN(CC)C(N)=NCc1ccc(CN(C)C)c(F)c1. The first-order chi connectivity index (χ1) is 9.47. The first-order valence-corrected chi connectivity index (χ1v) is 6.94. The Bertz CT molecular complexity index is 453. The summed E-state index contributed by atoms with van der Waals surface area (Å²) >= 11 is 0. The highest BCUT2D eigenvalue weighted by Crippen LogP contribution is 2.12. The summed E-state index contributed by atoms with van der Waals surface area (Å²) in [6, 6.07) is 5.26. The van der Waals surface area contributed by atoms with Crippen LogP contribution in [0.3, 0.4) is 0 Å². The molecule has 0 atom stereocenters. The first-order valence-electron chi connectivity index (χ1n) is 6.94. The highest BCUT2D eigenvalue weighted by molar-refractivity contribution is 5.77. The molecule has 1 rings (SSSR count). The van der Waals surface area contributed by atoms with Crippen LogP contribution in [-0.2, 0) is 13.1 Å². The minimum atomic E-state index is -0.187. The van der Waals surface area contributed by atoms with Crippen LogP contribution in [0.5, 0.6) is 0 Å². The molecule has 0 aliphatic carbocycles. The molecule has 0 saturated carbocycles. The van der Waals surface area contributed by atoms with Gasteiger partial charge < -0.3 is 15.5 Å². The summed E-state index contributed by atoms with van der Waals surface area (Å²) in [4.78, 5) is 8.22. The Balaban J connectivity index is 2.74. The van der Waals surface area contributed by atoms with E-state index in [1.54, 1.807) is 0 Å². The zero-order valence-corrected chi connectivity index (χ0v) is 12.9. The number of hydrogen-bond acceptors (Lipinski definition) is 2. The van der Waals surface area contributed by atoms with Crippen molar-refractivity contribution in [1.29, 1.82) is 0 Å². The Morgan fingerprint density at radius 3 is 2.40 bits per heavy atom. The minimum absolute atomic E-state index is 0.187. The van der Waals surface area contributed by atoms with E-state index in [9.17, 15) is 4.39 Å². The molecular formula is C15H25FN4. The minimum Gasteiger partial charge on any atom is -0.370 e. The molecule has 0 saturated heterocycles. The molecule has 20 heavy (non-hydrogen) atoms. The van der Waals surface area contributed by atoms with E-state index in [0.717, 1.165) is 18.7 Å². The lowest BCUT2D eigenvalue weighted by molar-refractivity contribution is 0.392. The lowest BCUT2D eigenvalue weighted by Crippen LogP contribution is -2.37. The lowest BCUT2D eigenvalue weighted by Gasteiger charge is -2.19. The predicted molar refractivity (Wildman–Crippen MR) is 82.0 cm³/mol. The van der Waals surface area contributed by atoms with Crippen LogP contribution in [-0.4, -0.2) is 42.9 Å². The second kappa shape index (κ2) is 7.85. The fourth-order valence-corrected chi connectivity index (χ4v) is 1.98. The van der Waals surface area contributed by atoms with E-state index < -0.39 is 0 Å². The molecule has 5 heteroatoms. The molecule has 0 radical (unpaired) electrons. The van der Waals surface area contributed by atoms with Crippen molar-refractivity contribution in [3.63, 3.8) is 0 Å². The Morgan fingerprint density at radius 2 is 1.90 bits per heavy atom. The Labute approximate surface area is 121 Å². The number of rotatable bonds is 6. The predicted octanol–water partition coefficient (Wildman–Crippen LogP) is 2.04. The Hall–Kier alpha value is -1.62. The summed E-state index contributed by atoms with van der Waals surface area (Å²) in [5.74, 6) is 0.320. The number of benzene rings is 1. The van der Waals surface area contributed by atoms with E-state index in [1.165, 1.54) is 6.07 Å². The topological polar surface area (TPSA) is 44.9 Å². The average Bonchev–Trinajstić information content (AvgIpc) is 2.40. The summed E-state index contributed by atoms with van der Waals surface area (Å²) in [6.07, 6.45) is 0. The highest BCUT2D eigenvalue weighted by Gasteiger charge is 2.06. The van der Waals surface area contributed by atoms with Gasteiger partial charge in [-0.3, -0.25) is 0 Å². The monoisotopic (exact) mass is 280 g/mol. The average molecular weight is 280 g/mol. The molecule has 0 unspecified atom stereocenters. The van der Waals surface area contributed by atoms with Crippen molar-refractivity contribution in [1.82, 2.24) is 9.80 Å². The van der Waals surface area contributed by atoms with Crippen molar-refractivity contribution in [2.75, 3.05) is 27.2 Å². The van der Waals surface area contributed by atoms with Crippen LogP contribution >= 0.6 is 0 Å². The van der Waals surface area contributed by atoms with Crippen molar-refractivity contribution >= 4 is 5.96 Å². The van der Waals surface area contributed by atoms with Crippen molar-refractivity contribution in [3.05, 3.63) is 35.1 Å². The van der Waals surface area contributed by atoms with E-state index >= 15 is 0 Å². The largest absolute Gasteiger partial charge is 0.370 e. The molecular weight excluding hydrogens is 255 g/mol. The Kier molecular flexibility index (Phi) is 6.45. The number of guanidine groups is 1. The van der Waals surface area contributed by atoms with Crippen LogP contribution in [0, 0.1) is 5.82 Å².